The molecule has 0 bridgehead atoms. The molecule has 0 aromatic carbocycles. The Bertz CT molecular complexity index is 250. The van der Waals surface area contributed by atoms with Crippen LogP contribution in [-0.4, -0.2) is 30.2 Å². The molecule has 19 heavy (non-hydrogen) atoms. The number of piperidine rings is 1. The summed E-state index contributed by atoms with van der Waals surface area (Å²) in [7, 11) is 0. The molecule has 0 aromatic heterocycles. The summed E-state index contributed by atoms with van der Waals surface area (Å²) >= 11 is 0. The van der Waals surface area contributed by atoms with Gasteiger partial charge in [0, 0.05) is 25.2 Å². The SMILES string of the molecule is CCCC1CCCC(CN)(NN2CCCCC2)CC1. The normalized spacial score (nSPS) is 34.1. The minimum absolute atomic E-state index is 0.194. The third kappa shape index (κ3) is 4.44. The minimum atomic E-state index is 0.194. The quantitative estimate of drug-likeness (QED) is 0.752. The van der Waals surface area contributed by atoms with Gasteiger partial charge >= 0.3 is 0 Å². The van der Waals surface area contributed by atoms with Crippen molar-refractivity contribution in [1.82, 2.24) is 10.4 Å². The molecular formula is C16H33N3. The van der Waals surface area contributed by atoms with Gasteiger partial charge in [0.15, 0.2) is 0 Å². The van der Waals surface area contributed by atoms with E-state index in [1.54, 1.807) is 0 Å². The first-order chi connectivity index (χ1) is 9.28. The van der Waals surface area contributed by atoms with Crippen molar-refractivity contribution in [3.63, 3.8) is 0 Å². The van der Waals surface area contributed by atoms with Gasteiger partial charge in [-0.25, -0.2) is 10.4 Å². The van der Waals surface area contributed by atoms with Crippen LogP contribution in [0.2, 0.25) is 0 Å². The molecule has 2 fully saturated rings. The fraction of sp³-hybridized carbons (Fsp3) is 1.00. The van der Waals surface area contributed by atoms with Crippen molar-refractivity contribution in [3.8, 4) is 0 Å². The van der Waals surface area contributed by atoms with Crippen molar-refractivity contribution in [3.05, 3.63) is 0 Å². The molecule has 2 unspecified atom stereocenters. The number of nitrogens with two attached hydrogens (primary N) is 1. The highest BCUT2D eigenvalue weighted by Gasteiger charge is 2.33. The van der Waals surface area contributed by atoms with Crippen molar-refractivity contribution in [2.75, 3.05) is 19.6 Å². The van der Waals surface area contributed by atoms with Gasteiger partial charge in [0.05, 0.1) is 0 Å². The second kappa shape index (κ2) is 7.61. The van der Waals surface area contributed by atoms with E-state index in [4.69, 9.17) is 5.73 Å². The average Bonchev–Trinajstić information content (AvgIpc) is 2.64. The summed E-state index contributed by atoms with van der Waals surface area (Å²) in [5.41, 5.74) is 10.2. The molecule has 1 aliphatic carbocycles. The van der Waals surface area contributed by atoms with Crippen LogP contribution < -0.4 is 11.2 Å². The molecule has 0 radical (unpaired) electrons. The lowest BCUT2D eigenvalue weighted by Gasteiger charge is -2.40. The monoisotopic (exact) mass is 267 g/mol. The first-order valence-corrected chi connectivity index (χ1v) is 8.51. The summed E-state index contributed by atoms with van der Waals surface area (Å²) < 4.78 is 0. The summed E-state index contributed by atoms with van der Waals surface area (Å²) in [5.74, 6) is 0.946. The summed E-state index contributed by atoms with van der Waals surface area (Å²) in [4.78, 5) is 0. The highest BCUT2D eigenvalue weighted by Crippen LogP contribution is 2.32. The number of nitrogens with one attached hydrogen (secondary N) is 1. The van der Waals surface area contributed by atoms with Crippen LogP contribution in [0.3, 0.4) is 0 Å². The van der Waals surface area contributed by atoms with Crippen molar-refractivity contribution in [1.29, 1.82) is 0 Å². The van der Waals surface area contributed by atoms with Crippen LogP contribution >= 0.6 is 0 Å². The van der Waals surface area contributed by atoms with E-state index in [0.717, 1.165) is 12.5 Å². The Morgan fingerprint density at radius 2 is 1.89 bits per heavy atom. The molecule has 0 amide bonds. The van der Waals surface area contributed by atoms with Crippen LogP contribution in [-0.2, 0) is 0 Å². The molecule has 3 nitrogen and oxygen atoms in total. The first-order valence-electron chi connectivity index (χ1n) is 8.51. The highest BCUT2D eigenvalue weighted by molar-refractivity contribution is 4.91. The van der Waals surface area contributed by atoms with Gasteiger partial charge < -0.3 is 5.73 Å². The number of hydrazine groups is 1. The predicted molar refractivity (Wildman–Crippen MR) is 81.8 cm³/mol. The van der Waals surface area contributed by atoms with E-state index in [1.165, 1.54) is 77.3 Å². The molecule has 2 atom stereocenters. The number of rotatable bonds is 5. The maximum atomic E-state index is 6.16. The largest absolute Gasteiger partial charge is 0.329 e. The summed E-state index contributed by atoms with van der Waals surface area (Å²) in [6.45, 7) is 5.52. The van der Waals surface area contributed by atoms with Crippen LogP contribution in [0.15, 0.2) is 0 Å². The third-order valence-corrected chi connectivity index (χ3v) is 5.14. The topological polar surface area (TPSA) is 41.3 Å². The molecule has 1 saturated carbocycles. The van der Waals surface area contributed by atoms with Gasteiger partial charge in [0.2, 0.25) is 0 Å². The summed E-state index contributed by atoms with van der Waals surface area (Å²) in [6.07, 6.45) is 13.5. The van der Waals surface area contributed by atoms with Crippen LogP contribution in [0, 0.1) is 5.92 Å². The van der Waals surface area contributed by atoms with E-state index in [9.17, 15) is 0 Å². The lowest BCUT2D eigenvalue weighted by atomic mass is 9.89. The number of hydrogen-bond acceptors (Lipinski definition) is 3. The van der Waals surface area contributed by atoms with Crippen molar-refractivity contribution >= 4 is 0 Å². The molecule has 0 spiro atoms. The zero-order valence-corrected chi connectivity index (χ0v) is 12.8. The first kappa shape index (κ1) is 15.3. The van der Waals surface area contributed by atoms with E-state index in [-0.39, 0.29) is 5.54 Å². The Morgan fingerprint density at radius 3 is 2.58 bits per heavy atom. The van der Waals surface area contributed by atoms with Crippen LogP contribution in [0.4, 0.5) is 0 Å². The standard InChI is InChI=1S/C16H33N3/c1-2-7-15-8-6-10-16(14-17,11-9-15)18-19-12-4-3-5-13-19/h15,18H,2-14,17H2,1H3. The maximum Gasteiger partial charge on any atom is 0.0448 e. The second-order valence-electron chi connectivity index (χ2n) is 6.73. The van der Waals surface area contributed by atoms with E-state index < -0.39 is 0 Å². The Labute approximate surface area is 119 Å². The molecule has 2 rings (SSSR count). The molecule has 0 aromatic rings. The van der Waals surface area contributed by atoms with Crippen LogP contribution in [0.1, 0.15) is 71.1 Å². The summed E-state index contributed by atoms with van der Waals surface area (Å²) in [5, 5.41) is 2.45. The van der Waals surface area contributed by atoms with E-state index in [1.807, 2.05) is 0 Å². The fourth-order valence-corrected chi connectivity index (χ4v) is 3.88. The molecule has 3 N–H and O–H groups in total. The van der Waals surface area contributed by atoms with Gasteiger partial charge in [-0.2, -0.15) is 0 Å². The van der Waals surface area contributed by atoms with Crippen molar-refractivity contribution < 1.29 is 0 Å². The lowest BCUT2D eigenvalue weighted by Crippen LogP contribution is -2.59. The van der Waals surface area contributed by atoms with Crippen molar-refractivity contribution in [2.24, 2.45) is 11.7 Å². The fourth-order valence-electron chi connectivity index (χ4n) is 3.88. The average molecular weight is 267 g/mol. The Balaban J connectivity index is 1.89. The third-order valence-electron chi connectivity index (χ3n) is 5.14. The molecule has 3 heteroatoms. The lowest BCUT2D eigenvalue weighted by molar-refractivity contribution is 0.0735. The predicted octanol–water partition coefficient (Wildman–Crippen LogP) is 3.05. The second-order valence-corrected chi connectivity index (χ2v) is 6.73. The molecule has 1 saturated heterocycles. The molecule has 2 aliphatic rings. The van der Waals surface area contributed by atoms with Crippen LogP contribution in [0.25, 0.3) is 0 Å². The molecule has 112 valence electrons. The van der Waals surface area contributed by atoms with Gasteiger partial charge in [-0.05, 0) is 38.0 Å². The van der Waals surface area contributed by atoms with E-state index in [2.05, 4.69) is 17.4 Å². The molecule has 1 aliphatic heterocycles. The summed E-state index contributed by atoms with van der Waals surface area (Å²) in [6, 6.07) is 0. The van der Waals surface area contributed by atoms with Gasteiger partial charge in [0.25, 0.3) is 0 Å². The molecule has 1 heterocycles. The zero-order valence-electron chi connectivity index (χ0n) is 12.8. The van der Waals surface area contributed by atoms with Crippen LogP contribution in [0.5, 0.6) is 0 Å². The Morgan fingerprint density at radius 1 is 1.11 bits per heavy atom. The molecular weight excluding hydrogens is 234 g/mol. The Kier molecular flexibility index (Phi) is 6.11. The van der Waals surface area contributed by atoms with Gasteiger partial charge in [-0.15, -0.1) is 0 Å². The van der Waals surface area contributed by atoms with E-state index in [0.29, 0.717) is 0 Å². The Hall–Kier alpha value is -0.120. The van der Waals surface area contributed by atoms with Gasteiger partial charge in [0.1, 0.15) is 0 Å². The van der Waals surface area contributed by atoms with Gasteiger partial charge in [-0.1, -0.05) is 39.0 Å². The zero-order chi connectivity index (χ0) is 13.6. The van der Waals surface area contributed by atoms with Gasteiger partial charge in [-0.3, -0.25) is 0 Å². The smallest absolute Gasteiger partial charge is 0.0448 e. The van der Waals surface area contributed by atoms with Crippen molar-refractivity contribution in [2.45, 2.75) is 76.7 Å². The maximum absolute atomic E-state index is 6.16. The number of hydrogen-bond donors (Lipinski definition) is 2. The van der Waals surface area contributed by atoms with E-state index >= 15 is 0 Å². The number of nitrogens with zero attached hydrogens (tertiary/aromatic N) is 1. The minimum Gasteiger partial charge on any atom is -0.329 e. The highest BCUT2D eigenvalue weighted by atomic mass is 15.5.